The monoisotopic (exact) mass is 316 g/mol. The van der Waals surface area contributed by atoms with E-state index in [0.29, 0.717) is 30.5 Å². The molecule has 0 saturated carbocycles. The molecule has 0 bridgehead atoms. The number of aliphatic imine (C=N–C) groups is 1. The number of rotatable bonds is 6. The lowest BCUT2D eigenvalue weighted by atomic mass is 10.2. The Morgan fingerprint density at radius 2 is 2.00 bits per heavy atom. The second-order valence-electron chi connectivity index (χ2n) is 4.81. The average Bonchev–Trinajstić information content (AvgIpc) is 2.59. The number of nitrogens with one attached hydrogen (secondary N) is 2. The highest BCUT2D eigenvalue weighted by Gasteiger charge is 2.03. The highest BCUT2D eigenvalue weighted by Crippen LogP contribution is 2.08. The highest BCUT2D eigenvalue weighted by atomic mass is 19.1. The predicted octanol–water partition coefficient (Wildman–Crippen LogP) is 2.48. The van der Waals surface area contributed by atoms with E-state index >= 15 is 0 Å². The molecule has 0 amide bonds. The van der Waals surface area contributed by atoms with E-state index in [1.807, 2.05) is 19.1 Å². The van der Waals surface area contributed by atoms with Crippen LogP contribution in [0.4, 0.5) is 4.39 Å². The first-order valence-corrected chi connectivity index (χ1v) is 7.48. The number of halogens is 1. The summed E-state index contributed by atoms with van der Waals surface area (Å²) in [7, 11) is 1.58. The molecule has 23 heavy (non-hydrogen) atoms. The molecule has 1 aromatic heterocycles. The molecule has 2 aromatic rings. The zero-order valence-corrected chi connectivity index (χ0v) is 13.3. The van der Waals surface area contributed by atoms with Crippen molar-refractivity contribution in [1.82, 2.24) is 15.6 Å². The van der Waals surface area contributed by atoms with Crippen molar-refractivity contribution in [2.75, 3.05) is 13.7 Å². The van der Waals surface area contributed by atoms with Crippen LogP contribution in [0.15, 0.2) is 47.5 Å². The van der Waals surface area contributed by atoms with Gasteiger partial charge in [0, 0.05) is 18.2 Å². The molecule has 0 aliphatic rings. The van der Waals surface area contributed by atoms with Crippen LogP contribution in [0.25, 0.3) is 0 Å². The van der Waals surface area contributed by atoms with Crippen LogP contribution in [0.5, 0.6) is 5.88 Å². The fourth-order valence-corrected chi connectivity index (χ4v) is 1.98. The molecule has 0 saturated heterocycles. The van der Waals surface area contributed by atoms with Crippen LogP contribution < -0.4 is 15.4 Å². The standard InChI is InChI=1S/C17H21FN4O/c1-3-19-17(20-11-13-7-4-5-9-15(13)18)21-12-14-8-6-10-16(22-14)23-2/h4-10H,3,11-12H2,1-2H3,(H2,19,20,21). The minimum atomic E-state index is -0.249. The zero-order chi connectivity index (χ0) is 16.5. The Morgan fingerprint density at radius 1 is 1.17 bits per heavy atom. The maximum atomic E-state index is 13.6. The third kappa shape index (κ3) is 5.25. The molecule has 1 heterocycles. The maximum absolute atomic E-state index is 13.6. The van der Waals surface area contributed by atoms with Gasteiger partial charge in [0.2, 0.25) is 5.88 Å². The van der Waals surface area contributed by atoms with Crippen molar-refractivity contribution in [2.45, 2.75) is 20.0 Å². The van der Waals surface area contributed by atoms with Crippen molar-refractivity contribution in [1.29, 1.82) is 0 Å². The van der Waals surface area contributed by atoms with Gasteiger partial charge >= 0.3 is 0 Å². The molecule has 1 aromatic carbocycles. The van der Waals surface area contributed by atoms with E-state index < -0.39 is 0 Å². The smallest absolute Gasteiger partial charge is 0.213 e. The zero-order valence-electron chi connectivity index (χ0n) is 13.3. The van der Waals surface area contributed by atoms with E-state index in [4.69, 9.17) is 4.74 Å². The first kappa shape index (κ1) is 16.7. The molecule has 0 atom stereocenters. The van der Waals surface area contributed by atoms with E-state index in [-0.39, 0.29) is 12.4 Å². The Bertz CT molecular complexity index is 661. The van der Waals surface area contributed by atoms with E-state index in [0.717, 1.165) is 5.69 Å². The number of methoxy groups -OCH3 is 1. The van der Waals surface area contributed by atoms with Crippen LogP contribution in [-0.4, -0.2) is 24.6 Å². The number of nitrogens with zero attached hydrogens (tertiary/aromatic N) is 2. The van der Waals surface area contributed by atoms with Crippen LogP contribution in [0.1, 0.15) is 18.2 Å². The number of benzene rings is 1. The van der Waals surface area contributed by atoms with Gasteiger partial charge in [-0.3, -0.25) is 0 Å². The van der Waals surface area contributed by atoms with Crippen LogP contribution >= 0.6 is 0 Å². The van der Waals surface area contributed by atoms with Gasteiger partial charge in [0.05, 0.1) is 25.9 Å². The molecule has 0 fully saturated rings. The van der Waals surface area contributed by atoms with E-state index in [1.54, 1.807) is 31.4 Å². The minimum Gasteiger partial charge on any atom is -0.481 e. The lowest BCUT2D eigenvalue weighted by Crippen LogP contribution is -2.37. The summed E-state index contributed by atoms with van der Waals surface area (Å²) in [5, 5.41) is 6.30. The van der Waals surface area contributed by atoms with Gasteiger partial charge in [-0.15, -0.1) is 0 Å². The Kier molecular flexibility index (Phi) is 6.35. The lowest BCUT2D eigenvalue weighted by Gasteiger charge is -2.11. The van der Waals surface area contributed by atoms with Crippen LogP contribution in [-0.2, 0) is 13.1 Å². The number of pyridine rings is 1. The number of hydrogen-bond acceptors (Lipinski definition) is 3. The van der Waals surface area contributed by atoms with Gasteiger partial charge in [-0.1, -0.05) is 24.3 Å². The van der Waals surface area contributed by atoms with E-state index in [2.05, 4.69) is 20.6 Å². The summed E-state index contributed by atoms with van der Waals surface area (Å²) < 4.78 is 18.7. The maximum Gasteiger partial charge on any atom is 0.213 e. The number of hydrogen-bond donors (Lipinski definition) is 2. The van der Waals surface area contributed by atoms with E-state index in [1.165, 1.54) is 6.07 Å². The topological polar surface area (TPSA) is 58.5 Å². The van der Waals surface area contributed by atoms with Crippen molar-refractivity contribution in [3.63, 3.8) is 0 Å². The lowest BCUT2D eigenvalue weighted by molar-refractivity contribution is 0.396. The van der Waals surface area contributed by atoms with Crippen LogP contribution in [0.3, 0.4) is 0 Å². The summed E-state index contributed by atoms with van der Waals surface area (Å²) in [6, 6.07) is 12.2. The SMILES string of the molecule is CCNC(=NCc1ccccc1F)NCc1cccc(OC)n1. The summed E-state index contributed by atoms with van der Waals surface area (Å²) in [6.45, 7) is 3.46. The molecule has 2 N–H and O–H groups in total. The summed E-state index contributed by atoms with van der Waals surface area (Å²) in [4.78, 5) is 8.73. The van der Waals surface area contributed by atoms with Gasteiger partial charge in [0.1, 0.15) is 5.82 Å². The molecule has 0 aliphatic carbocycles. The number of ether oxygens (including phenoxy) is 1. The fraction of sp³-hybridized carbons (Fsp3) is 0.294. The third-order valence-corrected chi connectivity index (χ3v) is 3.14. The Balaban J connectivity index is 2.00. The van der Waals surface area contributed by atoms with Crippen molar-refractivity contribution in [3.05, 3.63) is 59.5 Å². The van der Waals surface area contributed by atoms with Crippen molar-refractivity contribution < 1.29 is 9.13 Å². The molecule has 0 aliphatic heterocycles. The Labute approximate surface area is 135 Å². The molecular weight excluding hydrogens is 295 g/mol. The molecule has 2 rings (SSSR count). The average molecular weight is 316 g/mol. The first-order valence-electron chi connectivity index (χ1n) is 7.48. The summed E-state index contributed by atoms with van der Waals surface area (Å²) in [5.41, 5.74) is 1.39. The van der Waals surface area contributed by atoms with E-state index in [9.17, 15) is 4.39 Å². The van der Waals surface area contributed by atoms with Crippen molar-refractivity contribution in [3.8, 4) is 5.88 Å². The van der Waals surface area contributed by atoms with Crippen molar-refractivity contribution >= 4 is 5.96 Å². The molecule has 0 spiro atoms. The van der Waals surface area contributed by atoms with Gasteiger partial charge in [-0.2, -0.15) is 0 Å². The molecule has 0 unspecified atom stereocenters. The normalized spacial score (nSPS) is 11.2. The fourth-order valence-electron chi connectivity index (χ4n) is 1.98. The minimum absolute atomic E-state index is 0.249. The Hall–Kier alpha value is -2.63. The summed E-state index contributed by atoms with van der Waals surface area (Å²) >= 11 is 0. The first-order chi connectivity index (χ1) is 11.2. The van der Waals surface area contributed by atoms with Crippen LogP contribution in [0.2, 0.25) is 0 Å². The van der Waals surface area contributed by atoms with Gasteiger partial charge in [-0.25, -0.2) is 14.4 Å². The van der Waals surface area contributed by atoms with Gasteiger partial charge in [-0.05, 0) is 19.1 Å². The number of guanidine groups is 1. The quantitative estimate of drug-likeness (QED) is 0.635. The number of aromatic nitrogens is 1. The van der Waals surface area contributed by atoms with Crippen molar-refractivity contribution in [2.24, 2.45) is 4.99 Å². The second-order valence-corrected chi connectivity index (χ2v) is 4.81. The van der Waals surface area contributed by atoms with Gasteiger partial charge in [0.15, 0.2) is 5.96 Å². The molecule has 5 nitrogen and oxygen atoms in total. The highest BCUT2D eigenvalue weighted by molar-refractivity contribution is 5.79. The van der Waals surface area contributed by atoms with Gasteiger partial charge in [0.25, 0.3) is 0 Å². The molecule has 6 heteroatoms. The second kappa shape index (κ2) is 8.73. The van der Waals surface area contributed by atoms with Crippen LogP contribution in [0, 0.1) is 5.82 Å². The largest absolute Gasteiger partial charge is 0.481 e. The Morgan fingerprint density at radius 3 is 2.74 bits per heavy atom. The van der Waals surface area contributed by atoms with Gasteiger partial charge < -0.3 is 15.4 Å². The predicted molar refractivity (Wildman–Crippen MR) is 88.8 cm³/mol. The molecule has 122 valence electrons. The summed E-state index contributed by atoms with van der Waals surface area (Å²) in [6.07, 6.45) is 0. The molecule has 0 radical (unpaired) electrons. The summed E-state index contributed by atoms with van der Waals surface area (Å²) in [5.74, 6) is 0.930. The molecular formula is C17H21FN4O. The third-order valence-electron chi connectivity index (χ3n) is 3.14.